The molecule has 28 heavy (non-hydrogen) atoms. The first-order chi connectivity index (χ1) is 13.7. The molecule has 0 radical (unpaired) electrons. The number of aromatic nitrogens is 3. The Bertz CT molecular complexity index is 1030. The number of rotatable bonds is 4. The van der Waals surface area contributed by atoms with Crippen molar-refractivity contribution in [2.24, 2.45) is 0 Å². The highest BCUT2D eigenvalue weighted by Crippen LogP contribution is 2.21. The summed E-state index contributed by atoms with van der Waals surface area (Å²) in [7, 11) is 0. The first kappa shape index (κ1) is 19.0. The van der Waals surface area contributed by atoms with Crippen LogP contribution in [0.5, 0.6) is 0 Å². The van der Waals surface area contributed by atoms with Crippen LogP contribution in [0.15, 0.2) is 85.7 Å². The fraction of sp³-hybridized carbons (Fsp3) is 0.0455. The molecule has 0 aliphatic rings. The summed E-state index contributed by atoms with van der Waals surface area (Å²) in [5.74, 6) is 0.182. The van der Waals surface area contributed by atoms with Crippen LogP contribution < -0.4 is 5.32 Å². The van der Waals surface area contributed by atoms with Gasteiger partial charge in [-0.2, -0.15) is 0 Å². The zero-order valence-electron chi connectivity index (χ0n) is 15.1. The number of hydrogen-bond acceptors (Lipinski definition) is 3. The predicted molar refractivity (Wildman–Crippen MR) is 108 cm³/mol. The number of halogens is 1. The summed E-state index contributed by atoms with van der Waals surface area (Å²) < 4.78 is 13.2. The van der Waals surface area contributed by atoms with E-state index < -0.39 is 0 Å². The van der Waals surface area contributed by atoms with Crippen molar-refractivity contribution in [1.29, 1.82) is 0 Å². The molecule has 140 valence electrons. The maximum absolute atomic E-state index is 13.2. The predicted octanol–water partition coefficient (Wildman–Crippen LogP) is 4.25. The van der Waals surface area contributed by atoms with E-state index in [1.807, 2.05) is 42.5 Å². The van der Waals surface area contributed by atoms with Crippen LogP contribution in [0, 0.1) is 5.82 Å². The Morgan fingerprint density at radius 3 is 2.46 bits per heavy atom. The smallest absolute Gasteiger partial charge is 0.243 e. The Balaban J connectivity index is 0.000000320. The normalized spacial score (nSPS) is 10.0. The van der Waals surface area contributed by atoms with Crippen molar-refractivity contribution in [3.05, 3.63) is 97.1 Å². The third-order valence-electron chi connectivity index (χ3n) is 3.89. The van der Waals surface area contributed by atoms with Crippen molar-refractivity contribution in [3.8, 4) is 11.4 Å². The van der Waals surface area contributed by atoms with Gasteiger partial charge in [-0.1, -0.05) is 36.9 Å². The van der Waals surface area contributed by atoms with E-state index in [4.69, 9.17) is 0 Å². The lowest BCUT2D eigenvalue weighted by molar-refractivity contribution is -0.116. The van der Waals surface area contributed by atoms with E-state index in [0.717, 1.165) is 16.6 Å². The molecule has 4 aromatic rings. The Morgan fingerprint density at radius 1 is 1.11 bits per heavy atom. The number of amides is 1. The number of pyridine rings is 1. The Hall–Kier alpha value is -3.80. The molecule has 0 spiro atoms. The van der Waals surface area contributed by atoms with Gasteiger partial charge in [-0.05, 0) is 42.0 Å². The van der Waals surface area contributed by atoms with Crippen LogP contribution in [0.25, 0.3) is 22.4 Å². The molecule has 0 atom stereocenters. The van der Waals surface area contributed by atoms with Crippen molar-refractivity contribution in [2.45, 2.75) is 6.54 Å². The third-order valence-corrected chi connectivity index (χ3v) is 3.89. The molecule has 1 amide bonds. The van der Waals surface area contributed by atoms with Gasteiger partial charge in [0, 0.05) is 24.5 Å². The van der Waals surface area contributed by atoms with Crippen LogP contribution in [-0.2, 0) is 11.3 Å². The SMILES string of the molecule is C=CC(=O)NCc1ccc(-c2nc3ccc(F)cc3[nH]2)cc1.c1ccncc1. The molecule has 2 N–H and O–H groups in total. The number of aromatic amines is 1. The molecule has 0 bridgehead atoms. The van der Waals surface area contributed by atoms with Gasteiger partial charge in [0.25, 0.3) is 0 Å². The number of carbonyl (C=O) groups is 1. The number of nitrogens with one attached hydrogen (secondary N) is 2. The first-order valence-corrected chi connectivity index (χ1v) is 8.65. The average molecular weight is 374 g/mol. The molecule has 2 aromatic heterocycles. The largest absolute Gasteiger partial charge is 0.348 e. The van der Waals surface area contributed by atoms with Gasteiger partial charge in [0.1, 0.15) is 11.6 Å². The maximum atomic E-state index is 13.2. The molecule has 0 saturated carbocycles. The minimum Gasteiger partial charge on any atom is -0.348 e. The topological polar surface area (TPSA) is 70.7 Å². The Kier molecular flexibility index (Phi) is 6.25. The monoisotopic (exact) mass is 374 g/mol. The zero-order chi connectivity index (χ0) is 19.8. The van der Waals surface area contributed by atoms with Gasteiger partial charge in [0.2, 0.25) is 5.91 Å². The molecule has 0 unspecified atom stereocenters. The fourth-order valence-corrected chi connectivity index (χ4v) is 2.47. The molecule has 2 aromatic carbocycles. The lowest BCUT2D eigenvalue weighted by atomic mass is 10.1. The number of benzene rings is 2. The minimum atomic E-state index is -0.295. The summed E-state index contributed by atoms with van der Waals surface area (Å²) in [6, 6.07) is 17.8. The highest BCUT2D eigenvalue weighted by Gasteiger charge is 2.06. The van der Waals surface area contributed by atoms with Crippen LogP contribution in [0.2, 0.25) is 0 Å². The average Bonchev–Trinajstić information content (AvgIpc) is 3.17. The summed E-state index contributed by atoms with van der Waals surface area (Å²) in [5, 5.41) is 2.71. The lowest BCUT2D eigenvalue weighted by Gasteiger charge is -2.03. The van der Waals surface area contributed by atoms with E-state index in [1.54, 1.807) is 18.5 Å². The van der Waals surface area contributed by atoms with Gasteiger partial charge in [-0.25, -0.2) is 9.37 Å². The lowest BCUT2D eigenvalue weighted by Crippen LogP contribution is -2.19. The van der Waals surface area contributed by atoms with Crippen LogP contribution >= 0.6 is 0 Å². The van der Waals surface area contributed by atoms with Crippen LogP contribution in [0.4, 0.5) is 4.39 Å². The van der Waals surface area contributed by atoms with Gasteiger partial charge in [0.15, 0.2) is 0 Å². The second-order valence-corrected chi connectivity index (χ2v) is 5.89. The number of imidazole rings is 1. The summed E-state index contributed by atoms with van der Waals surface area (Å²) in [4.78, 5) is 22.4. The van der Waals surface area contributed by atoms with Crippen molar-refractivity contribution in [1.82, 2.24) is 20.3 Å². The van der Waals surface area contributed by atoms with Gasteiger partial charge in [-0.15, -0.1) is 0 Å². The molecular formula is C22H19FN4O. The summed E-state index contributed by atoms with van der Waals surface area (Å²) in [6.07, 6.45) is 4.74. The van der Waals surface area contributed by atoms with Crippen LogP contribution in [0.1, 0.15) is 5.56 Å². The van der Waals surface area contributed by atoms with Gasteiger partial charge in [-0.3, -0.25) is 9.78 Å². The fourth-order valence-electron chi connectivity index (χ4n) is 2.47. The van der Waals surface area contributed by atoms with Crippen molar-refractivity contribution in [2.75, 3.05) is 0 Å². The zero-order valence-corrected chi connectivity index (χ0v) is 15.1. The third kappa shape index (κ3) is 5.11. The molecule has 4 rings (SSSR count). The highest BCUT2D eigenvalue weighted by molar-refractivity contribution is 5.86. The van der Waals surface area contributed by atoms with Crippen molar-refractivity contribution >= 4 is 16.9 Å². The van der Waals surface area contributed by atoms with Crippen molar-refractivity contribution in [3.63, 3.8) is 0 Å². The summed E-state index contributed by atoms with van der Waals surface area (Å²) in [5.41, 5.74) is 3.26. The molecule has 5 nitrogen and oxygen atoms in total. The molecule has 0 aliphatic heterocycles. The maximum Gasteiger partial charge on any atom is 0.243 e. The van der Waals surface area contributed by atoms with Crippen LogP contribution in [0.3, 0.4) is 0 Å². The first-order valence-electron chi connectivity index (χ1n) is 8.65. The molecule has 6 heteroatoms. The van der Waals surface area contributed by atoms with E-state index in [1.165, 1.54) is 18.2 Å². The number of carbonyl (C=O) groups excluding carboxylic acids is 1. The molecule has 2 heterocycles. The standard InChI is InChI=1S/C17H14FN3O.C5H5N/c1-2-16(22)19-10-11-3-5-12(6-4-11)17-20-14-8-7-13(18)9-15(14)21-17;1-2-4-6-5-3-1/h2-9H,1,10H2,(H,19,22)(H,20,21);1-5H. The number of hydrogen-bond donors (Lipinski definition) is 2. The molecular weight excluding hydrogens is 355 g/mol. The highest BCUT2D eigenvalue weighted by atomic mass is 19.1. The molecule has 0 aliphatic carbocycles. The minimum absolute atomic E-state index is 0.205. The number of fused-ring (bicyclic) bond motifs is 1. The number of nitrogens with zero attached hydrogens (tertiary/aromatic N) is 2. The Labute approximate surface area is 162 Å². The summed E-state index contributed by atoms with van der Waals surface area (Å²) in [6.45, 7) is 3.84. The molecule has 0 saturated heterocycles. The van der Waals surface area contributed by atoms with E-state index in [9.17, 15) is 9.18 Å². The quantitative estimate of drug-likeness (QED) is 0.525. The van der Waals surface area contributed by atoms with Crippen LogP contribution in [-0.4, -0.2) is 20.9 Å². The number of H-pyrrole nitrogens is 1. The Morgan fingerprint density at radius 2 is 1.86 bits per heavy atom. The van der Waals surface area contributed by atoms with Crippen molar-refractivity contribution < 1.29 is 9.18 Å². The van der Waals surface area contributed by atoms with Gasteiger partial charge in [0.05, 0.1) is 11.0 Å². The van der Waals surface area contributed by atoms with E-state index in [0.29, 0.717) is 17.9 Å². The molecule has 0 fully saturated rings. The van der Waals surface area contributed by atoms with Gasteiger partial charge < -0.3 is 10.3 Å². The summed E-state index contributed by atoms with van der Waals surface area (Å²) >= 11 is 0. The van der Waals surface area contributed by atoms with E-state index in [2.05, 4.69) is 26.8 Å². The van der Waals surface area contributed by atoms with Gasteiger partial charge >= 0.3 is 0 Å². The van der Waals surface area contributed by atoms with E-state index >= 15 is 0 Å². The van der Waals surface area contributed by atoms with E-state index in [-0.39, 0.29) is 11.7 Å². The second-order valence-electron chi connectivity index (χ2n) is 5.89. The second kappa shape index (κ2) is 9.23.